The molecule has 1 aromatic heterocycles. The minimum atomic E-state index is 0.602. The van der Waals surface area contributed by atoms with E-state index in [0.717, 1.165) is 11.3 Å². The molecule has 2 rings (SSSR count). The van der Waals surface area contributed by atoms with Crippen molar-refractivity contribution in [3.8, 4) is 11.5 Å². The SMILES string of the molecule is CCOc1ccc(C=Nn2cnnc2)cc1OC. The number of nitrogens with zero attached hydrogens (tertiary/aromatic N) is 4. The van der Waals surface area contributed by atoms with Gasteiger partial charge in [-0.2, -0.15) is 5.10 Å². The molecule has 0 fully saturated rings. The van der Waals surface area contributed by atoms with Crippen LogP contribution in [0.25, 0.3) is 0 Å². The van der Waals surface area contributed by atoms with Crippen LogP contribution in [0.5, 0.6) is 11.5 Å². The lowest BCUT2D eigenvalue weighted by Crippen LogP contribution is -1.96. The highest BCUT2D eigenvalue weighted by Crippen LogP contribution is 2.27. The minimum Gasteiger partial charge on any atom is -0.493 e. The molecule has 0 aliphatic rings. The van der Waals surface area contributed by atoms with Gasteiger partial charge in [0, 0.05) is 0 Å². The molecule has 0 saturated heterocycles. The van der Waals surface area contributed by atoms with Crippen LogP contribution < -0.4 is 9.47 Å². The molecule has 1 heterocycles. The van der Waals surface area contributed by atoms with Gasteiger partial charge in [-0.25, -0.2) is 4.68 Å². The van der Waals surface area contributed by atoms with E-state index in [1.54, 1.807) is 13.3 Å². The zero-order valence-corrected chi connectivity index (χ0v) is 10.3. The van der Waals surface area contributed by atoms with Gasteiger partial charge < -0.3 is 9.47 Å². The summed E-state index contributed by atoms with van der Waals surface area (Å²) < 4.78 is 12.2. The maximum Gasteiger partial charge on any atom is 0.161 e. The van der Waals surface area contributed by atoms with Crippen molar-refractivity contribution in [2.75, 3.05) is 13.7 Å². The third kappa shape index (κ3) is 2.85. The van der Waals surface area contributed by atoms with Gasteiger partial charge in [0.1, 0.15) is 12.7 Å². The van der Waals surface area contributed by atoms with Crippen LogP contribution in [0.2, 0.25) is 0 Å². The Morgan fingerprint density at radius 2 is 2.06 bits per heavy atom. The third-order valence-electron chi connectivity index (χ3n) is 2.23. The summed E-state index contributed by atoms with van der Waals surface area (Å²) in [7, 11) is 1.61. The Hall–Kier alpha value is -2.37. The van der Waals surface area contributed by atoms with Crippen LogP contribution >= 0.6 is 0 Å². The predicted octanol–water partition coefficient (Wildman–Crippen LogP) is 1.57. The Bertz CT molecular complexity index is 523. The molecule has 0 N–H and O–H groups in total. The molecule has 0 aliphatic carbocycles. The molecule has 2 aromatic rings. The summed E-state index contributed by atoms with van der Waals surface area (Å²) in [6, 6.07) is 5.62. The van der Waals surface area contributed by atoms with Gasteiger partial charge in [0.05, 0.1) is 19.9 Å². The lowest BCUT2D eigenvalue weighted by molar-refractivity contribution is 0.311. The summed E-state index contributed by atoms with van der Waals surface area (Å²) in [4.78, 5) is 0. The van der Waals surface area contributed by atoms with Gasteiger partial charge in [-0.3, -0.25) is 0 Å². The second-order valence-corrected chi connectivity index (χ2v) is 3.43. The first-order valence-corrected chi connectivity index (χ1v) is 5.53. The van der Waals surface area contributed by atoms with Crippen LogP contribution in [0.15, 0.2) is 36.0 Å². The van der Waals surface area contributed by atoms with E-state index in [2.05, 4.69) is 15.3 Å². The van der Waals surface area contributed by atoms with E-state index in [4.69, 9.17) is 9.47 Å². The zero-order chi connectivity index (χ0) is 12.8. The van der Waals surface area contributed by atoms with E-state index in [-0.39, 0.29) is 0 Å². The van der Waals surface area contributed by atoms with Crippen molar-refractivity contribution in [1.82, 2.24) is 14.9 Å². The molecule has 0 aliphatic heterocycles. The fraction of sp³-hybridized carbons (Fsp3) is 0.250. The quantitative estimate of drug-likeness (QED) is 0.751. The smallest absolute Gasteiger partial charge is 0.161 e. The Morgan fingerprint density at radius 3 is 2.72 bits per heavy atom. The van der Waals surface area contributed by atoms with Crippen molar-refractivity contribution in [3.05, 3.63) is 36.4 Å². The second kappa shape index (κ2) is 5.81. The molecule has 6 nitrogen and oxygen atoms in total. The van der Waals surface area contributed by atoms with Crippen molar-refractivity contribution in [2.24, 2.45) is 5.10 Å². The van der Waals surface area contributed by atoms with Crippen LogP contribution in [0, 0.1) is 0 Å². The van der Waals surface area contributed by atoms with Gasteiger partial charge in [0.15, 0.2) is 11.5 Å². The number of ether oxygens (including phenoxy) is 2. The largest absolute Gasteiger partial charge is 0.493 e. The molecule has 0 spiro atoms. The van der Waals surface area contributed by atoms with Crippen LogP contribution in [0.1, 0.15) is 12.5 Å². The predicted molar refractivity (Wildman–Crippen MR) is 67.2 cm³/mol. The van der Waals surface area contributed by atoms with E-state index in [9.17, 15) is 0 Å². The number of methoxy groups -OCH3 is 1. The highest BCUT2D eigenvalue weighted by atomic mass is 16.5. The number of rotatable bonds is 5. The van der Waals surface area contributed by atoms with Gasteiger partial charge in [-0.05, 0) is 30.7 Å². The molecule has 94 valence electrons. The number of benzene rings is 1. The number of hydrogen-bond acceptors (Lipinski definition) is 5. The van der Waals surface area contributed by atoms with Crippen molar-refractivity contribution >= 4 is 6.21 Å². The fourth-order valence-electron chi connectivity index (χ4n) is 1.43. The number of hydrogen-bond donors (Lipinski definition) is 0. The van der Waals surface area contributed by atoms with Crippen LogP contribution in [0.3, 0.4) is 0 Å². The third-order valence-corrected chi connectivity index (χ3v) is 2.23. The van der Waals surface area contributed by atoms with E-state index in [0.29, 0.717) is 12.4 Å². The minimum absolute atomic E-state index is 0.602. The first-order chi connectivity index (χ1) is 8.83. The molecule has 18 heavy (non-hydrogen) atoms. The van der Waals surface area contributed by atoms with E-state index in [1.165, 1.54) is 17.3 Å². The van der Waals surface area contributed by atoms with Gasteiger partial charge in [-0.1, -0.05) is 0 Å². The lowest BCUT2D eigenvalue weighted by atomic mass is 10.2. The summed E-state index contributed by atoms with van der Waals surface area (Å²) in [6.07, 6.45) is 4.73. The maximum atomic E-state index is 5.44. The molecule has 0 atom stereocenters. The molecule has 0 amide bonds. The molecule has 0 saturated carbocycles. The summed E-state index contributed by atoms with van der Waals surface area (Å²) in [5.74, 6) is 1.41. The van der Waals surface area contributed by atoms with Crippen LogP contribution in [-0.2, 0) is 0 Å². The Balaban J connectivity index is 2.19. The highest BCUT2D eigenvalue weighted by molar-refractivity contribution is 5.80. The second-order valence-electron chi connectivity index (χ2n) is 3.43. The molecule has 6 heteroatoms. The molecular weight excluding hydrogens is 232 g/mol. The summed E-state index contributed by atoms with van der Waals surface area (Å²) >= 11 is 0. The molecule has 0 radical (unpaired) electrons. The normalized spacial score (nSPS) is 10.8. The van der Waals surface area contributed by atoms with Crippen molar-refractivity contribution < 1.29 is 9.47 Å². The first kappa shape index (κ1) is 12.1. The van der Waals surface area contributed by atoms with E-state index >= 15 is 0 Å². The summed E-state index contributed by atoms with van der Waals surface area (Å²) in [5.41, 5.74) is 0.906. The van der Waals surface area contributed by atoms with Gasteiger partial charge in [-0.15, -0.1) is 10.2 Å². The standard InChI is InChI=1S/C12H14N4O2/c1-3-18-11-5-4-10(6-12(11)17-2)7-15-16-8-13-14-9-16/h4-9H,3H2,1-2H3. The average Bonchev–Trinajstić information content (AvgIpc) is 2.91. The Morgan fingerprint density at radius 1 is 1.28 bits per heavy atom. The molecule has 0 unspecified atom stereocenters. The topological polar surface area (TPSA) is 61.5 Å². The lowest BCUT2D eigenvalue weighted by Gasteiger charge is -2.09. The Kier molecular flexibility index (Phi) is 3.90. The van der Waals surface area contributed by atoms with Crippen LogP contribution in [0.4, 0.5) is 0 Å². The summed E-state index contributed by atoms with van der Waals surface area (Å²) in [5, 5.41) is 11.5. The molecule has 0 bridgehead atoms. The van der Waals surface area contributed by atoms with Gasteiger partial charge in [0.2, 0.25) is 0 Å². The highest BCUT2D eigenvalue weighted by Gasteiger charge is 2.03. The van der Waals surface area contributed by atoms with Crippen molar-refractivity contribution in [2.45, 2.75) is 6.92 Å². The van der Waals surface area contributed by atoms with E-state index in [1.807, 2.05) is 25.1 Å². The Labute approximate surface area is 105 Å². The maximum absolute atomic E-state index is 5.44. The fourth-order valence-corrected chi connectivity index (χ4v) is 1.43. The van der Waals surface area contributed by atoms with Crippen molar-refractivity contribution in [3.63, 3.8) is 0 Å². The first-order valence-electron chi connectivity index (χ1n) is 5.53. The molecular formula is C12H14N4O2. The van der Waals surface area contributed by atoms with Gasteiger partial charge in [0.25, 0.3) is 0 Å². The number of aromatic nitrogens is 3. The van der Waals surface area contributed by atoms with Gasteiger partial charge >= 0.3 is 0 Å². The van der Waals surface area contributed by atoms with Crippen LogP contribution in [-0.4, -0.2) is 34.8 Å². The zero-order valence-electron chi connectivity index (χ0n) is 10.3. The average molecular weight is 246 g/mol. The summed E-state index contributed by atoms with van der Waals surface area (Å²) in [6.45, 7) is 2.53. The monoisotopic (exact) mass is 246 g/mol. The van der Waals surface area contributed by atoms with Crippen molar-refractivity contribution in [1.29, 1.82) is 0 Å². The molecule has 1 aromatic carbocycles. The van der Waals surface area contributed by atoms with E-state index < -0.39 is 0 Å².